The largest absolute Gasteiger partial charge is 0.507 e. The lowest BCUT2D eigenvalue weighted by atomic mass is 9.89. The van der Waals surface area contributed by atoms with Crippen molar-refractivity contribution in [2.45, 2.75) is 26.4 Å². The van der Waals surface area contributed by atoms with Crippen LogP contribution < -0.4 is 4.74 Å². The molecule has 8 heteroatoms. The molecular formula is C21H16O8. The predicted octanol–water partition coefficient (Wildman–Crippen LogP) is 2.71. The summed E-state index contributed by atoms with van der Waals surface area (Å²) in [6, 6.07) is 6.40. The van der Waals surface area contributed by atoms with Crippen LogP contribution in [0.25, 0.3) is 21.5 Å². The summed E-state index contributed by atoms with van der Waals surface area (Å²) >= 11 is 0. The molecule has 4 rings (SSSR count). The quantitative estimate of drug-likeness (QED) is 0.261. The van der Waals surface area contributed by atoms with E-state index in [0.29, 0.717) is 5.39 Å². The molecule has 3 N–H and O–H groups in total. The molecule has 0 saturated heterocycles. The van der Waals surface area contributed by atoms with Gasteiger partial charge in [0.05, 0.1) is 10.8 Å². The standard InChI is InChI=1S/C21H16O8/c1-8(22)13-7-12-14(21(27)29-13)19(26)16-15(18(12)25)17(24)10-5-3-4-6-11(10)20(16)28-9(2)23/h3-6,13,24-26H,7H2,1-2H3. The third kappa shape index (κ3) is 2.64. The van der Waals surface area contributed by atoms with Crippen molar-refractivity contribution in [3.05, 3.63) is 35.4 Å². The molecule has 29 heavy (non-hydrogen) atoms. The predicted molar refractivity (Wildman–Crippen MR) is 101 cm³/mol. The lowest BCUT2D eigenvalue weighted by Crippen LogP contribution is -2.33. The molecule has 0 bridgehead atoms. The van der Waals surface area contributed by atoms with Crippen LogP contribution in [0.5, 0.6) is 23.0 Å². The van der Waals surface area contributed by atoms with Crippen LogP contribution in [0, 0.1) is 0 Å². The minimum Gasteiger partial charge on any atom is -0.507 e. The first kappa shape index (κ1) is 18.5. The van der Waals surface area contributed by atoms with E-state index < -0.39 is 35.3 Å². The van der Waals surface area contributed by atoms with E-state index in [0.717, 1.165) is 6.92 Å². The highest BCUT2D eigenvalue weighted by Gasteiger charge is 2.37. The summed E-state index contributed by atoms with van der Waals surface area (Å²) in [5, 5.41) is 32.8. The molecule has 0 fully saturated rings. The fourth-order valence-corrected chi connectivity index (χ4v) is 3.69. The number of phenols is 3. The Hall–Kier alpha value is -3.81. The number of hydrogen-bond donors (Lipinski definition) is 3. The summed E-state index contributed by atoms with van der Waals surface area (Å²) in [5.74, 6) is -3.70. The van der Waals surface area contributed by atoms with E-state index in [1.165, 1.54) is 6.92 Å². The van der Waals surface area contributed by atoms with Crippen molar-refractivity contribution in [1.29, 1.82) is 0 Å². The van der Waals surface area contributed by atoms with E-state index in [2.05, 4.69) is 0 Å². The summed E-state index contributed by atoms with van der Waals surface area (Å²) in [7, 11) is 0. The molecule has 1 atom stereocenters. The second kappa shape index (κ2) is 6.37. The van der Waals surface area contributed by atoms with Crippen molar-refractivity contribution in [2.24, 2.45) is 0 Å². The summed E-state index contributed by atoms with van der Waals surface area (Å²) in [6.45, 7) is 2.40. The monoisotopic (exact) mass is 396 g/mol. The Labute approximate surface area is 163 Å². The molecule has 8 nitrogen and oxygen atoms in total. The molecular weight excluding hydrogens is 380 g/mol. The zero-order valence-electron chi connectivity index (χ0n) is 15.5. The molecule has 1 aliphatic heterocycles. The number of benzene rings is 3. The highest BCUT2D eigenvalue weighted by molar-refractivity contribution is 6.19. The van der Waals surface area contributed by atoms with Crippen LogP contribution in [0.4, 0.5) is 0 Å². The van der Waals surface area contributed by atoms with E-state index in [-0.39, 0.29) is 45.2 Å². The zero-order chi connectivity index (χ0) is 21.0. The smallest absolute Gasteiger partial charge is 0.343 e. The molecule has 0 aromatic heterocycles. The Morgan fingerprint density at radius 1 is 1.00 bits per heavy atom. The van der Waals surface area contributed by atoms with Crippen molar-refractivity contribution in [3.8, 4) is 23.0 Å². The van der Waals surface area contributed by atoms with Crippen LogP contribution in [-0.4, -0.2) is 39.1 Å². The van der Waals surface area contributed by atoms with Crippen LogP contribution in [0.15, 0.2) is 24.3 Å². The van der Waals surface area contributed by atoms with Crippen molar-refractivity contribution in [3.63, 3.8) is 0 Å². The number of Topliss-reactive ketones (excluding diaryl/α,β-unsaturated/α-hetero) is 1. The molecule has 0 amide bonds. The second-order valence-corrected chi connectivity index (χ2v) is 6.83. The molecule has 0 aliphatic carbocycles. The molecule has 3 aromatic rings. The van der Waals surface area contributed by atoms with Crippen LogP contribution in [-0.2, 0) is 20.7 Å². The van der Waals surface area contributed by atoms with Gasteiger partial charge in [0.25, 0.3) is 0 Å². The van der Waals surface area contributed by atoms with Crippen LogP contribution in [0.1, 0.15) is 29.8 Å². The number of rotatable bonds is 2. The van der Waals surface area contributed by atoms with Gasteiger partial charge >= 0.3 is 11.9 Å². The molecule has 1 aliphatic rings. The first-order chi connectivity index (χ1) is 13.7. The number of esters is 2. The SMILES string of the molecule is CC(=O)Oc1c2ccccc2c(O)c2c(O)c3c(c(O)c12)C(=O)OC(C(C)=O)C3. The average molecular weight is 396 g/mol. The number of fused-ring (bicyclic) bond motifs is 3. The number of ketones is 1. The highest BCUT2D eigenvalue weighted by Crippen LogP contribution is 2.53. The van der Waals surface area contributed by atoms with E-state index >= 15 is 0 Å². The number of carbonyl (C=O) groups is 3. The van der Waals surface area contributed by atoms with Crippen LogP contribution in [0.3, 0.4) is 0 Å². The Morgan fingerprint density at radius 2 is 1.66 bits per heavy atom. The summed E-state index contributed by atoms with van der Waals surface area (Å²) in [5.41, 5.74) is -0.360. The lowest BCUT2D eigenvalue weighted by molar-refractivity contribution is -0.131. The minimum absolute atomic E-state index is 0.0224. The van der Waals surface area contributed by atoms with E-state index in [4.69, 9.17) is 9.47 Å². The van der Waals surface area contributed by atoms with Gasteiger partial charge in [0.1, 0.15) is 22.8 Å². The van der Waals surface area contributed by atoms with E-state index in [1.54, 1.807) is 24.3 Å². The van der Waals surface area contributed by atoms with Crippen molar-refractivity contribution in [1.82, 2.24) is 0 Å². The number of ether oxygens (including phenoxy) is 2. The molecule has 3 aromatic carbocycles. The fourth-order valence-electron chi connectivity index (χ4n) is 3.69. The van der Waals surface area contributed by atoms with Crippen LogP contribution in [0.2, 0.25) is 0 Å². The first-order valence-corrected chi connectivity index (χ1v) is 8.76. The van der Waals surface area contributed by atoms with Gasteiger partial charge < -0.3 is 24.8 Å². The summed E-state index contributed by atoms with van der Waals surface area (Å²) < 4.78 is 10.4. The maximum absolute atomic E-state index is 12.5. The minimum atomic E-state index is -1.12. The van der Waals surface area contributed by atoms with Gasteiger partial charge in [-0.2, -0.15) is 0 Å². The Bertz CT molecular complexity index is 1240. The lowest BCUT2D eigenvalue weighted by Gasteiger charge is -2.26. The van der Waals surface area contributed by atoms with E-state index in [9.17, 15) is 29.7 Å². The van der Waals surface area contributed by atoms with E-state index in [1.807, 2.05) is 0 Å². The molecule has 0 spiro atoms. The van der Waals surface area contributed by atoms with Crippen molar-refractivity contribution < 1.29 is 39.2 Å². The summed E-state index contributed by atoms with van der Waals surface area (Å²) in [6.07, 6.45) is -1.28. The average Bonchev–Trinajstić information content (AvgIpc) is 2.67. The molecule has 0 radical (unpaired) electrons. The van der Waals surface area contributed by atoms with Crippen LogP contribution >= 0.6 is 0 Å². The normalized spacial score (nSPS) is 15.8. The Balaban J connectivity index is 2.21. The maximum Gasteiger partial charge on any atom is 0.343 e. The number of hydrogen-bond acceptors (Lipinski definition) is 8. The van der Waals surface area contributed by atoms with Gasteiger partial charge in [-0.25, -0.2) is 4.79 Å². The molecule has 1 heterocycles. The number of aromatic hydroxyl groups is 3. The molecule has 0 saturated carbocycles. The fraction of sp³-hybridized carbons (Fsp3) is 0.190. The zero-order valence-corrected chi connectivity index (χ0v) is 15.5. The van der Waals surface area contributed by atoms with Crippen molar-refractivity contribution >= 4 is 39.3 Å². The number of phenolic OH excluding ortho intramolecular Hbond substituents is 3. The number of cyclic esters (lactones) is 1. The second-order valence-electron chi connectivity index (χ2n) is 6.83. The van der Waals surface area contributed by atoms with Gasteiger partial charge in [-0.1, -0.05) is 24.3 Å². The van der Waals surface area contributed by atoms with Gasteiger partial charge in [0.15, 0.2) is 17.6 Å². The maximum atomic E-state index is 12.5. The first-order valence-electron chi connectivity index (χ1n) is 8.76. The van der Waals surface area contributed by atoms with Gasteiger partial charge in [-0.05, 0) is 6.92 Å². The van der Waals surface area contributed by atoms with Gasteiger partial charge in [0.2, 0.25) is 0 Å². The summed E-state index contributed by atoms with van der Waals surface area (Å²) in [4.78, 5) is 35.9. The molecule has 148 valence electrons. The molecule has 1 unspecified atom stereocenters. The van der Waals surface area contributed by atoms with Gasteiger partial charge in [-0.3, -0.25) is 9.59 Å². The Morgan fingerprint density at radius 3 is 2.28 bits per heavy atom. The van der Waals surface area contributed by atoms with Crippen molar-refractivity contribution in [2.75, 3.05) is 0 Å². The number of carbonyl (C=O) groups excluding carboxylic acids is 3. The van der Waals surface area contributed by atoms with Gasteiger partial charge in [0, 0.05) is 29.7 Å². The third-order valence-corrected chi connectivity index (χ3v) is 4.98. The van der Waals surface area contributed by atoms with Gasteiger partial charge in [-0.15, -0.1) is 0 Å². The Kier molecular flexibility index (Phi) is 4.07. The third-order valence-electron chi connectivity index (χ3n) is 4.98. The topological polar surface area (TPSA) is 130 Å². The highest BCUT2D eigenvalue weighted by atomic mass is 16.6.